The first-order valence-corrected chi connectivity index (χ1v) is 10.0. The van der Waals surface area contributed by atoms with Gasteiger partial charge in [-0.2, -0.15) is 9.61 Å². The molecule has 0 spiro atoms. The van der Waals surface area contributed by atoms with Gasteiger partial charge in [0.2, 0.25) is 0 Å². The van der Waals surface area contributed by atoms with E-state index in [4.69, 9.17) is 9.84 Å². The van der Waals surface area contributed by atoms with Crippen LogP contribution < -0.4 is 9.80 Å². The lowest BCUT2D eigenvalue weighted by molar-refractivity contribution is 0.109. The second kappa shape index (κ2) is 6.62. The zero-order valence-corrected chi connectivity index (χ0v) is 17.3. The molecule has 9 nitrogen and oxygen atoms in total. The van der Waals surface area contributed by atoms with E-state index in [-0.39, 0.29) is 5.41 Å². The van der Waals surface area contributed by atoms with E-state index >= 15 is 0 Å². The van der Waals surface area contributed by atoms with Crippen LogP contribution in [0.3, 0.4) is 0 Å². The highest BCUT2D eigenvalue weighted by Gasteiger charge is 2.33. The summed E-state index contributed by atoms with van der Waals surface area (Å²) in [5, 5.41) is 22.2. The Morgan fingerprint density at radius 2 is 1.93 bits per heavy atom. The summed E-state index contributed by atoms with van der Waals surface area (Å²) in [6.07, 6.45) is 0.845. The molecule has 5 rings (SSSR count). The third kappa shape index (κ3) is 3.19. The highest BCUT2D eigenvalue weighted by molar-refractivity contribution is 5.51. The van der Waals surface area contributed by atoms with Crippen molar-refractivity contribution >= 4 is 17.3 Å². The van der Waals surface area contributed by atoms with Gasteiger partial charge < -0.3 is 14.5 Å². The van der Waals surface area contributed by atoms with Gasteiger partial charge in [-0.3, -0.25) is 0 Å². The molecule has 0 amide bonds. The summed E-state index contributed by atoms with van der Waals surface area (Å²) in [5.41, 5.74) is 2.88. The summed E-state index contributed by atoms with van der Waals surface area (Å²) in [6, 6.07) is 6.48. The molecule has 9 heteroatoms. The normalized spacial score (nSPS) is 17.3. The molecular formula is C20H26N8O. The lowest BCUT2D eigenvalue weighted by atomic mass is 9.96. The summed E-state index contributed by atoms with van der Waals surface area (Å²) < 4.78 is 7.42. The molecule has 0 aliphatic carbocycles. The minimum atomic E-state index is -0.114. The van der Waals surface area contributed by atoms with Crippen molar-refractivity contribution in [1.29, 1.82) is 0 Å². The SMILES string of the molecule is CN(c1cc2c(nn1)CCOC2)C1CN(c2ccc3nnc(C(C)(C)C)n3n2)C1. The van der Waals surface area contributed by atoms with Crippen LogP contribution in [-0.4, -0.2) is 62.8 Å². The molecule has 0 N–H and O–H groups in total. The Hall–Kier alpha value is -2.81. The molecule has 3 aromatic heterocycles. The van der Waals surface area contributed by atoms with Crippen LogP contribution in [0.4, 0.5) is 11.6 Å². The summed E-state index contributed by atoms with van der Waals surface area (Å²) in [6.45, 7) is 9.50. The van der Waals surface area contributed by atoms with Gasteiger partial charge in [-0.15, -0.1) is 20.4 Å². The van der Waals surface area contributed by atoms with Crippen LogP contribution in [0.1, 0.15) is 37.9 Å². The molecule has 0 unspecified atom stereocenters. The molecule has 3 aromatic rings. The maximum atomic E-state index is 5.55. The van der Waals surface area contributed by atoms with Crippen molar-refractivity contribution in [3.63, 3.8) is 0 Å². The number of hydrogen-bond acceptors (Lipinski definition) is 8. The predicted molar refractivity (Wildman–Crippen MR) is 109 cm³/mol. The van der Waals surface area contributed by atoms with E-state index in [2.05, 4.69) is 64.1 Å². The summed E-state index contributed by atoms with van der Waals surface area (Å²) >= 11 is 0. The van der Waals surface area contributed by atoms with Crippen LogP contribution in [0.5, 0.6) is 0 Å². The molecule has 5 heterocycles. The zero-order chi connectivity index (χ0) is 20.2. The van der Waals surface area contributed by atoms with Crippen LogP contribution in [0.2, 0.25) is 0 Å². The zero-order valence-electron chi connectivity index (χ0n) is 17.3. The fourth-order valence-corrected chi connectivity index (χ4v) is 3.79. The molecule has 1 saturated heterocycles. The highest BCUT2D eigenvalue weighted by Crippen LogP contribution is 2.27. The molecule has 2 aliphatic rings. The average Bonchev–Trinajstić information content (AvgIpc) is 3.10. The monoisotopic (exact) mass is 394 g/mol. The predicted octanol–water partition coefficient (Wildman–Crippen LogP) is 1.61. The third-order valence-corrected chi connectivity index (χ3v) is 5.70. The lowest BCUT2D eigenvalue weighted by Gasteiger charge is -2.44. The number of rotatable bonds is 3. The molecular weight excluding hydrogens is 368 g/mol. The fraction of sp³-hybridized carbons (Fsp3) is 0.550. The number of likely N-dealkylation sites (N-methyl/N-ethyl adjacent to an activating group) is 1. The molecule has 0 saturated carbocycles. The van der Waals surface area contributed by atoms with Crippen molar-refractivity contribution in [3.05, 3.63) is 35.3 Å². The van der Waals surface area contributed by atoms with E-state index in [1.165, 1.54) is 0 Å². The minimum absolute atomic E-state index is 0.114. The topological polar surface area (TPSA) is 84.6 Å². The molecule has 1 fully saturated rings. The van der Waals surface area contributed by atoms with E-state index in [1.54, 1.807) is 0 Å². The van der Waals surface area contributed by atoms with E-state index in [0.29, 0.717) is 12.6 Å². The first-order valence-electron chi connectivity index (χ1n) is 10.0. The molecule has 152 valence electrons. The standard InChI is InChI=1S/C20H26N8O/c1-20(2,3)19-24-22-16-5-6-17(25-28(16)19)27-10-14(11-27)26(4)18-9-13-12-29-8-7-15(13)21-23-18/h5-6,9,14H,7-8,10-12H2,1-4H3. The van der Waals surface area contributed by atoms with E-state index in [9.17, 15) is 0 Å². The maximum Gasteiger partial charge on any atom is 0.178 e. The van der Waals surface area contributed by atoms with Gasteiger partial charge in [0, 0.05) is 37.5 Å². The second-order valence-electron chi connectivity index (χ2n) is 8.88. The van der Waals surface area contributed by atoms with Crippen LogP contribution >= 0.6 is 0 Å². The van der Waals surface area contributed by atoms with Crippen molar-refractivity contribution in [2.75, 3.05) is 36.5 Å². The van der Waals surface area contributed by atoms with Gasteiger partial charge in [0.15, 0.2) is 17.3 Å². The Bertz CT molecular complexity index is 1050. The van der Waals surface area contributed by atoms with Crippen molar-refractivity contribution in [2.24, 2.45) is 0 Å². The van der Waals surface area contributed by atoms with Crippen LogP contribution in [0.15, 0.2) is 18.2 Å². The van der Waals surface area contributed by atoms with Crippen molar-refractivity contribution < 1.29 is 4.74 Å². The van der Waals surface area contributed by atoms with Gasteiger partial charge >= 0.3 is 0 Å². The Kier molecular flexibility index (Phi) is 4.16. The van der Waals surface area contributed by atoms with Gasteiger partial charge in [-0.05, 0) is 18.2 Å². The third-order valence-electron chi connectivity index (χ3n) is 5.70. The van der Waals surface area contributed by atoms with Crippen molar-refractivity contribution in [3.8, 4) is 0 Å². The summed E-state index contributed by atoms with van der Waals surface area (Å²) in [7, 11) is 2.08. The number of hydrogen-bond donors (Lipinski definition) is 0. The molecule has 0 atom stereocenters. The Balaban J connectivity index is 1.31. The van der Waals surface area contributed by atoms with E-state index < -0.39 is 0 Å². The minimum Gasteiger partial charge on any atom is -0.376 e. The first kappa shape index (κ1) is 18.2. The number of anilines is 2. The number of nitrogens with zero attached hydrogens (tertiary/aromatic N) is 8. The quantitative estimate of drug-likeness (QED) is 0.662. The Morgan fingerprint density at radius 3 is 2.72 bits per heavy atom. The second-order valence-corrected chi connectivity index (χ2v) is 8.88. The first-order chi connectivity index (χ1) is 13.9. The molecule has 2 aliphatic heterocycles. The number of ether oxygens (including phenoxy) is 1. The van der Waals surface area contributed by atoms with Crippen LogP contribution in [-0.2, 0) is 23.2 Å². The molecule has 29 heavy (non-hydrogen) atoms. The van der Waals surface area contributed by atoms with Crippen molar-refractivity contribution in [1.82, 2.24) is 30.0 Å². The molecule has 0 aromatic carbocycles. The molecule has 0 radical (unpaired) electrons. The Morgan fingerprint density at radius 1 is 1.10 bits per heavy atom. The molecule has 0 bridgehead atoms. The largest absolute Gasteiger partial charge is 0.376 e. The lowest BCUT2D eigenvalue weighted by Crippen LogP contribution is -2.59. The summed E-state index contributed by atoms with van der Waals surface area (Å²) in [5.74, 6) is 2.71. The van der Waals surface area contributed by atoms with Gasteiger partial charge in [0.1, 0.15) is 5.82 Å². The van der Waals surface area contributed by atoms with Gasteiger partial charge in [0.25, 0.3) is 0 Å². The van der Waals surface area contributed by atoms with Crippen LogP contribution in [0.25, 0.3) is 5.65 Å². The van der Waals surface area contributed by atoms with Gasteiger partial charge in [-0.25, -0.2) is 0 Å². The van der Waals surface area contributed by atoms with Gasteiger partial charge in [-0.1, -0.05) is 20.8 Å². The highest BCUT2D eigenvalue weighted by atomic mass is 16.5. The number of aromatic nitrogens is 6. The number of fused-ring (bicyclic) bond motifs is 2. The smallest absolute Gasteiger partial charge is 0.178 e. The van der Waals surface area contributed by atoms with E-state index in [1.807, 2.05) is 16.6 Å². The maximum absolute atomic E-state index is 5.55. The fourth-order valence-electron chi connectivity index (χ4n) is 3.79. The average molecular weight is 394 g/mol. The van der Waals surface area contributed by atoms with E-state index in [0.717, 1.165) is 60.5 Å². The Labute approximate surface area is 169 Å². The van der Waals surface area contributed by atoms with Crippen LogP contribution in [0, 0.1) is 0 Å². The van der Waals surface area contributed by atoms with Gasteiger partial charge in [0.05, 0.1) is 24.9 Å². The van der Waals surface area contributed by atoms with Crippen molar-refractivity contribution in [2.45, 2.75) is 45.3 Å². The summed E-state index contributed by atoms with van der Waals surface area (Å²) in [4.78, 5) is 4.47.